The summed E-state index contributed by atoms with van der Waals surface area (Å²) in [6.07, 6.45) is 4.64. The van der Waals surface area contributed by atoms with Crippen molar-refractivity contribution in [1.82, 2.24) is 0 Å². The lowest BCUT2D eigenvalue weighted by Gasteiger charge is -2.37. The molecule has 2 aromatic carbocycles. The Balaban J connectivity index is 2.08. The van der Waals surface area contributed by atoms with Crippen molar-refractivity contribution < 1.29 is 4.79 Å². The number of carbonyl (C=O) groups is 1. The predicted octanol–water partition coefficient (Wildman–Crippen LogP) is 5.55. The number of aryl methyl sites for hydroxylation is 1. The van der Waals surface area contributed by atoms with Gasteiger partial charge in [-0.25, -0.2) is 0 Å². The summed E-state index contributed by atoms with van der Waals surface area (Å²) in [6, 6.07) is 12.4. The number of ketones is 1. The number of hydrogen-bond acceptors (Lipinski definition) is 1. The number of Topliss-reactive ketones (excluding diaryl/α,β-unsaturated/α-hetero) is 1. The van der Waals surface area contributed by atoms with Crippen molar-refractivity contribution in [2.45, 2.75) is 46.5 Å². The van der Waals surface area contributed by atoms with Crippen LogP contribution in [0.1, 0.15) is 55.5 Å². The molecule has 1 heteroatoms. The fraction of sp³-hybridized carbons (Fsp3) is 0.450. The molecule has 1 saturated carbocycles. The molecule has 0 amide bonds. The molecule has 1 nitrogen and oxygen atoms in total. The Labute approximate surface area is 127 Å². The zero-order valence-electron chi connectivity index (χ0n) is 13.3. The van der Waals surface area contributed by atoms with Crippen molar-refractivity contribution in [2.24, 2.45) is 11.3 Å². The van der Waals surface area contributed by atoms with Gasteiger partial charge in [0.05, 0.1) is 0 Å². The molecule has 110 valence electrons. The highest BCUT2D eigenvalue weighted by molar-refractivity contribution is 6.10. The molecule has 0 saturated heterocycles. The Hall–Kier alpha value is -1.63. The molecular formula is C20H24O. The summed E-state index contributed by atoms with van der Waals surface area (Å²) in [7, 11) is 0. The summed E-state index contributed by atoms with van der Waals surface area (Å²) >= 11 is 0. The molecule has 0 bridgehead atoms. The molecule has 3 rings (SSSR count). The molecule has 2 aromatic rings. The zero-order valence-corrected chi connectivity index (χ0v) is 13.3. The molecule has 1 atom stereocenters. The summed E-state index contributed by atoms with van der Waals surface area (Å²) in [4.78, 5) is 13.1. The van der Waals surface area contributed by atoms with Crippen molar-refractivity contribution in [1.29, 1.82) is 0 Å². The lowest BCUT2D eigenvalue weighted by Crippen LogP contribution is -2.34. The van der Waals surface area contributed by atoms with Crippen LogP contribution in [-0.4, -0.2) is 5.78 Å². The molecule has 0 aliphatic heterocycles. The van der Waals surface area contributed by atoms with Crippen LogP contribution in [0, 0.1) is 18.3 Å². The number of hydrogen-bond donors (Lipinski definition) is 0. The second-order valence-electron chi connectivity index (χ2n) is 7.13. The third-order valence-electron chi connectivity index (χ3n) is 5.23. The molecule has 1 aliphatic carbocycles. The van der Waals surface area contributed by atoms with Crippen molar-refractivity contribution in [3.63, 3.8) is 0 Å². The van der Waals surface area contributed by atoms with E-state index >= 15 is 0 Å². The summed E-state index contributed by atoms with van der Waals surface area (Å²) in [5.41, 5.74) is 2.28. The van der Waals surface area contributed by atoms with Gasteiger partial charge >= 0.3 is 0 Å². The second-order valence-corrected chi connectivity index (χ2v) is 7.13. The van der Waals surface area contributed by atoms with Crippen LogP contribution in [0.15, 0.2) is 36.4 Å². The fourth-order valence-corrected chi connectivity index (χ4v) is 3.83. The summed E-state index contributed by atoms with van der Waals surface area (Å²) in [5.74, 6) is 0.508. The third-order valence-corrected chi connectivity index (χ3v) is 5.23. The molecule has 0 spiro atoms. The van der Waals surface area contributed by atoms with Crippen LogP contribution >= 0.6 is 0 Å². The number of benzene rings is 2. The van der Waals surface area contributed by atoms with E-state index in [1.807, 2.05) is 18.2 Å². The first-order valence-electron chi connectivity index (χ1n) is 8.03. The molecule has 0 N–H and O–H groups in total. The zero-order chi connectivity index (χ0) is 15.0. The van der Waals surface area contributed by atoms with Gasteiger partial charge in [0.2, 0.25) is 0 Å². The van der Waals surface area contributed by atoms with Gasteiger partial charge in [-0.15, -0.1) is 0 Å². The monoisotopic (exact) mass is 280 g/mol. The van der Waals surface area contributed by atoms with Crippen LogP contribution in [0.3, 0.4) is 0 Å². The van der Waals surface area contributed by atoms with Gasteiger partial charge in [-0.05, 0) is 41.5 Å². The maximum atomic E-state index is 13.1. The standard InChI is InChI=1S/C20H24O/c1-14-11-12-17(16-9-5-4-8-15(14)16)19(21)18-10-6-7-13-20(18,2)3/h4-5,8-9,11-12,18H,6-7,10,13H2,1-3H3. The minimum Gasteiger partial charge on any atom is -0.294 e. The lowest BCUT2D eigenvalue weighted by atomic mass is 9.66. The topological polar surface area (TPSA) is 17.1 Å². The maximum Gasteiger partial charge on any atom is 0.167 e. The fourth-order valence-electron chi connectivity index (χ4n) is 3.83. The van der Waals surface area contributed by atoms with Crippen molar-refractivity contribution in [2.75, 3.05) is 0 Å². The summed E-state index contributed by atoms with van der Waals surface area (Å²) in [5, 5.41) is 2.32. The molecular weight excluding hydrogens is 256 g/mol. The maximum absolute atomic E-state index is 13.1. The molecule has 0 radical (unpaired) electrons. The van der Waals surface area contributed by atoms with Gasteiger partial charge in [0.15, 0.2) is 5.78 Å². The molecule has 0 aromatic heterocycles. The number of fused-ring (bicyclic) bond motifs is 1. The highest BCUT2D eigenvalue weighted by Gasteiger charge is 2.37. The first-order valence-corrected chi connectivity index (χ1v) is 8.03. The Kier molecular flexibility index (Phi) is 3.61. The van der Waals surface area contributed by atoms with Crippen LogP contribution in [0.4, 0.5) is 0 Å². The number of rotatable bonds is 2. The smallest absolute Gasteiger partial charge is 0.167 e. The minimum atomic E-state index is 0.126. The predicted molar refractivity (Wildman–Crippen MR) is 88.8 cm³/mol. The lowest BCUT2D eigenvalue weighted by molar-refractivity contribution is 0.0699. The average Bonchev–Trinajstić information content (AvgIpc) is 2.47. The SMILES string of the molecule is Cc1ccc(C(=O)C2CCCCC2(C)C)c2ccccc12. The van der Waals surface area contributed by atoms with Gasteiger partial charge in [0.25, 0.3) is 0 Å². The van der Waals surface area contributed by atoms with Crippen LogP contribution in [-0.2, 0) is 0 Å². The molecule has 0 heterocycles. The first-order chi connectivity index (χ1) is 10.0. The molecule has 1 aliphatic rings. The summed E-state index contributed by atoms with van der Waals surface area (Å²) < 4.78 is 0. The van der Waals surface area contributed by atoms with E-state index in [2.05, 4.69) is 39.0 Å². The van der Waals surface area contributed by atoms with Gasteiger partial charge in [0.1, 0.15) is 0 Å². The first kappa shape index (κ1) is 14.3. The normalized spacial score (nSPS) is 21.4. The molecule has 1 fully saturated rings. The Bertz CT molecular complexity index is 681. The van der Waals surface area contributed by atoms with Crippen molar-refractivity contribution in [3.05, 3.63) is 47.5 Å². The van der Waals surface area contributed by atoms with Crippen LogP contribution < -0.4 is 0 Å². The minimum absolute atomic E-state index is 0.126. The highest BCUT2D eigenvalue weighted by atomic mass is 16.1. The van der Waals surface area contributed by atoms with Gasteiger partial charge in [-0.1, -0.05) is 63.1 Å². The second kappa shape index (κ2) is 5.29. The molecule has 1 unspecified atom stereocenters. The van der Waals surface area contributed by atoms with Gasteiger partial charge in [-0.3, -0.25) is 4.79 Å². The van der Waals surface area contributed by atoms with E-state index in [0.29, 0.717) is 5.78 Å². The third kappa shape index (κ3) is 2.50. The largest absolute Gasteiger partial charge is 0.294 e. The number of carbonyl (C=O) groups excluding carboxylic acids is 1. The van der Waals surface area contributed by atoms with E-state index in [0.717, 1.165) is 23.8 Å². The van der Waals surface area contributed by atoms with E-state index in [1.165, 1.54) is 23.8 Å². The Morgan fingerprint density at radius 2 is 1.76 bits per heavy atom. The van der Waals surface area contributed by atoms with Crippen LogP contribution in [0.5, 0.6) is 0 Å². The van der Waals surface area contributed by atoms with Crippen molar-refractivity contribution in [3.8, 4) is 0 Å². The quantitative estimate of drug-likeness (QED) is 0.659. The van der Waals surface area contributed by atoms with Gasteiger partial charge in [-0.2, -0.15) is 0 Å². The highest BCUT2D eigenvalue weighted by Crippen LogP contribution is 2.42. The van der Waals surface area contributed by atoms with E-state index in [4.69, 9.17) is 0 Å². The van der Waals surface area contributed by atoms with E-state index < -0.39 is 0 Å². The van der Waals surface area contributed by atoms with Crippen LogP contribution in [0.25, 0.3) is 10.8 Å². The van der Waals surface area contributed by atoms with E-state index in [9.17, 15) is 4.79 Å². The average molecular weight is 280 g/mol. The Morgan fingerprint density at radius 3 is 2.48 bits per heavy atom. The van der Waals surface area contributed by atoms with Gasteiger partial charge < -0.3 is 0 Å². The van der Waals surface area contributed by atoms with E-state index in [1.54, 1.807) is 0 Å². The van der Waals surface area contributed by atoms with Crippen LogP contribution in [0.2, 0.25) is 0 Å². The summed E-state index contributed by atoms with van der Waals surface area (Å²) in [6.45, 7) is 6.62. The Morgan fingerprint density at radius 1 is 1.05 bits per heavy atom. The van der Waals surface area contributed by atoms with Gasteiger partial charge in [0, 0.05) is 11.5 Å². The van der Waals surface area contributed by atoms with Crippen molar-refractivity contribution >= 4 is 16.6 Å². The molecule has 21 heavy (non-hydrogen) atoms. The van der Waals surface area contributed by atoms with E-state index in [-0.39, 0.29) is 11.3 Å².